The van der Waals surface area contributed by atoms with Gasteiger partial charge in [0.25, 0.3) is 0 Å². The van der Waals surface area contributed by atoms with Crippen LogP contribution in [0.1, 0.15) is 19.3 Å². The molecule has 0 amide bonds. The molecule has 0 spiro atoms. The van der Waals surface area contributed by atoms with Crippen LogP contribution in [-0.4, -0.2) is 11.2 Å². The molecule has 0 N–H and O–H groups in total. The van der Waals surface area contributed by atoms with Gasteiger partial charge in [-0.1, -0.05) is 22.0 Å². The van der Waals surface area contributed by atoms with E-state index in [1.165, 1.54) is 0 Å². The summed E-state index contributed by atoms with van der Waals surface area (Å²) in [7, 11) is 0. The van der Waals surface area contributed by atoms with E-state index in [0.717, 1.165) is 23.7 Å². The summed E-state index contributed by atoms with van der Waals surface area (Å²) in [5.74, 6) is 0.761. The van der Waals surface area contributed by atoms with Crippen molar-refractivity contribution in [2.24, 2.45) is 11.8 Å². The van der Waals surface area contributed by atoms with Crippen molar-refractivity contribution in [1.82, 2.24) is 0 Å². The van der Waals surface area contributed by atoms with Crippen LogP contribution in [-0.2, 0) is 4.79 Å². The second-order valence-corrected chi connectivity index (χ2v) is 4.90. The van der Waals surface area contributed by atoms with E-state index in [0.29, 0.717) is 11.7 Å². The number of carbonyl (C=O) groups is 1. The van der Waals surface area contributed by atoms with Gasteiger partial charge in [-0.2, -0.15) is 0 Å². The van der Waals surface area contributed by atoms with Crippen molar-refractivity contribution in [2.75, 3.05) is 0 Å². The molecule has 2 unspecified atom stereocenters. The molecule has 0 aromatic carbocycles. The molecule has 0 heterocycles. The summed E-state index contributed by atoms with van der Waals surface area (Å²) in [6, 6.07) is 0. The van der Waals surface area contributed by atoms with Crippen LogP contribution in [0.25, 0.3) is 0 Å². The van der Waals surface area contributed by atoms with E-state index in [4.69, 9.17) is 11.6 Å². The Balaban J connectivity index is 2.02. The molecular weight excluding hydrogens is 239 g/mol. The lowest BCUT2D eigenvalue weighted by molar-refractivity contribution is -0.123. The molecule has 1 fully saturated rings. The maximum absolute atomic E-state index is 11.6. The van der Waals surface area contributed by atoms with E-state index >= 15 is 0 Å². The minimum absolute atomic E-state index is 0.0496. The Morgan fingerprint density at radius 1 is 1.58 bits per heavy atom. The number of carbonyl (C=O) groups excluding carboxylic acids is 1. The zero-order chi connectivity index (χ0) is 8.72. The van der Waals surface area contributed by atoms with Crippen molar-refractivity contribution in [1.29, 1.82) is 0 Å². The van der Waals surface area contributed by atoms with E-state index in [-0.39, 0.29) is 11.3 Å². The first-order valence-electron chi connectivity index (χ1n) is 4.23. The second-order valence-electron chi connectivity index (χ2n) is 3.51. The molecule has 0 bridgehead atoms. The molecule has 3 heteroatoms. The monoisotopic (exact) mass is 248 g/mol. The third kappa shape index (κ3) is 1.47. The van der Waals surface area contributed by atoms with Crippen LogP contribution < -0.4 is 0 Å². The normalized spacial score (nSPS) is 35.0. The van der Waals surface area contributed by atoms with Crippen LogP contribution >= 0.6 is 27.5 Å². The Kier molecular flexibility index (Phi) is 2.30. The van der Waals surface area contributed by atoms with Crippen LogP contribution in [0, 0.1) is 11.8 Å². The number of hydrogen-bond acceptors (Lipinski definition) is 1. The fraction of sp³-hybridized carbons (Fsp3) is 0.667. The Morgan fingerprint density at radius 3 is 2.67 bits per heavy atom. The molecule has 1 saturated carbocycles. The number of Topliss-reactive ketones (excluding diaryl/α,β-unsaturated/α-hetero) is 1. The molecule has 2 aliphatic rings. The lowest BCUT2D eigenvalue weighted by atomic mass is 9.98. The third-order valence-electron chi connectivity index (χ3n) is 2.53. The van der Waals surface area contributed by atoms with Crippen molar-refractivity contribution in [3.63, 3.8) is 0 Å². The van der Waals surface area contributed by atoms with E-state index < -0.39 is 0 Å². The molecule has 1 nitrogen and oxygen atoms in total. The quantitative estimate of drug-likeness (QED) is 0.688. The van der Waals surface area contributed by atoms with E-state index in [2.05, 4.69) is 15.9 Å². The molecule has 66 valence electrons. The molecule has 12 heavy (non-hydrogen) atoms. The highest BCUT2D eigenvalue weighted by atomic mass is 79.9. The average Bonchev–Trinajstić information content (AvgIpc) is 2.82. The van der Waals surface area contributed by atoms with Gasteiger partial charge < -0.3 is 0 Å². The van der Waals surface area contributed by atoms with E-state index in [1.54, 1.807) is 0 Å². The van der Waals surface area contributed by atoms with Crippen LogP contribution in [0.5, 0.6) is 0 Å². The molecule has 0 aromatic rings. The zero-order valence-electron chi connectivity index (χ0n) is 6.59. The van der Waals surface area contributed by atoms with Crippen LogP contribution in [0.2, 0.25) is 0 Å². The Bertz CT molecular complexity index is 245. The average molecular weight is 250 g/mol. The first-order chi connectivity index (χ1) is 5.70. The fourth-order valence-electron chi connectivity index (χ4n) is 1.59. The number of halogens is 2. The maximum Gasteiger partial charge on any atom is 0.141 e. The number of hydrogen-bond donors (Lipinski definition) is 0. The van der Waals surface area contributed by atoms with Gasteiger partial charge in [-0.05, 0) is 19.3 Å². The number of allylic oxidation sites excluding steroid dienone is 2. The minimum Gasteiger partial charge on any atom is -0.299 e. The van der Waals surface area contributed by atoms with Gasteiger partial charge in [0.1, 0.15) is 5.78 Å². The molecule has 2 atom stereocenters. The third-order valence-corrected chi connectivity index (χ3v) is 4.15. The van der Waals surface area contributed by atoms with Crippen LogP contribution in [0.15, 0.2) is 10.6 Å². The first-order valence-corrected chi connectivity index (χ1v) is 5.46. The van der Waals surface area contributed by atoms with Crippen molar-refractivity contribution in [2.45, 2.75) is 24.6 Å². The van der Waals surface area contributed by atoms with Crippen LogP contribution in [0.4, 0.5) is 0 Å². The number of ketones is 1. The molecule has 0 aromatic heterocycles. The van der Waals surface area contributed by atoms with Crippen LogP contribution in [0.3, 0.4) is 0 Å². The van der Waals surface area contributed by atoms with Gasteiger partial charge in [0.2, 0.25) is 0 Å². The van der Waals surface area contributed by atoms with Gasteiger partial charge >= 0.3 is 0 Å². The summed E-state index contributed by atoms with van der Waals surface area (Å²) in [6.45, 7) is 0. The van der Waals surface area contributed by atoms with Gasteiger partial charge in [-0.15, -0.1) is 11.6 Å². The smallest absolute Gasteiger partial charge is 0.141 e. The minimum atomic E-state index is -0.0990. The van der Waals surface area contributed by atoms with E-state index in [9.17, 15) is 4.79 Å². The van der Waals surface area contributed by atoms with Crippen molar-refractivity contribution < 1.29 is 4.79 Å². The predicted octanol–water partition coefficient (Wildman–Crippen LogP) is 2.87. The highest BCUT2D eigenvalue weighted by Crippen LogP contribution is 2.41. The van der Waals surface area contributed by atoms with Crippen molar-refractivity contribution in [3.05, 3.63) is 10.6 Å². The van der Waals surface area contributed by atoms with Gasteiger partial charge in [0.15, 0.2) is 0 Å². The zero-order valence-corrected chi connectivity index (χ0v) is 8.94. The highest BCUT2D eigenvalue weighted by molar-refractivity contribution is 9.11. The molecule has 0 saturated heterocycles. The van der Waals surface area contributed by atoms with Gasteiger partial charge in [-0.25, -0.2) is 0 Å². The highest BCUT2D eigenvalue weighted by Gasteiger charge is 2.40. The topological polar surface area (TPSA) is 17.1 Å². The summed E-state index contributed by atoms with van der Waals surface area (Å²) in [5.41, 5.74) is 0. The largest absolute Gasteiger partial charge is 0.299 e. The van der Waals surface area contributed by atoms with Gasteiger partial charge in [-0.3, -0.25) is 4.79 Å². The number of alkyl halides is 1. The summed E-state index contributed by atoms with van der Waals surface area (Å²) < 4.78 is 0.989. The predicted molar refractivity (Wildman–Crippen MR) is 52.5 cm³/mol. The van der Waals surface area contributed by atoms with E-state index in [1.807, 2.05) is 6.08 Å². The Hall–Kier alpha value is 0.180. The van der Waals surface area contributed by atoms with Crippen molar-refractivity contribution in [3.8, 4) is 0 Å². The standard InChI is InChI=1S/C9H10BrClO/c10-7-4-3-6(8(7)11)9(12)5-1-2-5/h4-6,8H,1-3H2. The Labute approximate surface area is 85.3 Å². The van der Waals surface area contributed by atoms with Crippen molar-refractivity contribution >= 4 is 33.3 Å². The summed E-state index contributed by atoms with van der Waals surface area (Å²) in [4.78, 5) is 11.6. The Morgan fingerprint density at radius 2 is 2.25 bits per heavy atom. The molecular formula is C9H10BrClO. The number of rotatable bonds is 2. The second kappa shape index (κ2) is 3.15. The van der Waals surface area contributed by atoms with Gasteiger partial charge in [0.05, 0.1) is 5.38 Å². The SMILES string of the molecule is O=C(C1CC1)C1CC=C(Br)C1Cl. The lowest BCUT2D eigenvalue weighted by Crippen LogP contribution is -2.21. The molecule has 2 aliphatic carbocycles. The summed E-state index contributed by atoms with van der Waals surface area (Å²) >= 11 is 9.42. The molecule has 0 aliphatic heterocycles. The lowest BCUT2D eigenvalue weighted by Gasteiger charge is -2.12. The summed E-state index contributed by atoms with van der Waals surface area (Å²) in [6.07, 6.45) is 5.00. The molecule has 2 rings (SSSR count). The van der Waals surface area contributed by atoms with Gasteiger partial charge in [0, 0.05) is 16.3 Å². The maximum atomic E-state index is 11.6. The summed E-state index contributed by atoms with van der Waals surface area (Å²) in [5, 5.41) is -0.0990. The molecule has 0 radical (unpaired) electrons. The first kappa shape index (κ1) is 8.76. The fourth-order valence-corrected chi connectivity index (χ4v) is 2.42.